The molecule has 1 heterocycles. The van der Waals surface area contributed by atoms with E-state index in [9.17, 15) is 0 Å². The Balaban J connectivity index is 1.77. The summed E-state index contributed by atoms with van der Waals surface area (Å²) in [4.78, 5) is 2.49. The summed E-state index contributed by atoms with van der Waals surface area (Å²) in [5, 5.41) is 0. The zero-order valence-corrected chi connectivity index (χ0v) is 12.8. The number of nitrogens with zero attached hydrogens (tertiary/aromatic N) is 1. The molecule has 0 saturated heterocycles. The number of aryl methyl sites for hydroxylation is 1. The highest BCUT2D eigenvalue weighted by atomic mass is 15.1. The highest BCUT2D eigenvalue weighted by Gasteiger charge is 2.14. The van der Waals surface area contributed by atoms with Crippen molar-refractivity contribution in [2.75, 3.05) is 11.4 Å². The van der Waals surface area contributed by atoms with Gasteiger partial charge in [0.2, 0.25) is 0 Å². The molecule has 0 bridgehead atoms. The molecule has 0 aromatic heterocycles. The Labute approximate surface area is 127 Å². The summed E-state index contributed by atoms with van der Waals surface area (Å²) in [7, 11) is 0. The van der Waals surface area contributed by atoms with Crippen LogP contribution in [0.4, 0.5) is 5.69 Å². The Morgan fingerprint density at radius 2 is 1.76 bits per heavy atom. The van der Waals surface area contributed by atoms with Gasteiger partial charge in [-0.2, -0.15) is 0 Å². The van der Waals surface area contributed by atoms with Crippen molar-refractivity contribution in [2.45, 2.75) is 38.8 Å². The fourth-order valence-corrected chi connectivity index (χ4v) is 3.14. The lowest BCUT2D eigenvalue weighted by atomic mass is 10.0. The topological polar surface area (TPSA) is 29.3 Å². The van der Waals surface area contributed by atoms with Crippen LogP contribution in [0.3, 0.4) is 0 Å². The molecular formula is C19H24N2. The summed E-state index contributed by atoms with van der Waals surface area (Å²) >= 11 is 0. The van der Waals surface area contributed by atoms with E-state index >= 15 is 0 Å². The van der Waals surface area contributed by atoms with Crippen LogP contribution in [0.15, 0.2) is 48.5 Å². The standard InChI is InChI=1S/C19H24N2/c1-15(20)13-16-8-10-19(11-9-16)21-12-4-7-17-5-2-3-6-18(17)14-21/h2-3,5-6,8-11,15H,4,7,12-14,20H2,1H3. The van der Waals surface area contributed by atoms with Crippen molar-refractivity contribution in [3.05, 3.63) is 65.2 Å². The van der Waals surface area contributed by atoms with Crippen LogP contribution in [-0.2, 0) is 19.4 Å². The largest absolute Gasteiger partial charge is 0.367 e. The van der Waals surface area contributed by atoms with Crippen LogP contribution in [0.1, 0.15) is 30.0 Å². The van der Waals surface area contributed by atoms with Gasteiger partial charge in [-0.1, -0.05) is 36.4 Å². The third-order valence-corrected chi connectivity index (χ3v) is 4.21. The number of hydrogen-bond acceptors (Lipinski definition) is 2. The maximum Gasteiger partial charge on any atom is 0.0432 e. The zero-order valence-electron chi connectivity index (χ0n) is 12.8. The average Bonchev–Trinajstić information content (AvgIpc) is 2.69. The maximum atomic E-state index is 5.87. The number of nitrogens with two attached hydrogens (primary N) is 1. The molecule has 110 valence electrons. The van der Waals surface area contributed by atoms with Crippen molar-refractivity contribution < 1.29 is 0 Å². The molecule has 0 amide bonds. The second-order valence-electron chi connectivity index (χ2n) is 6.14. The van der Waals surface area contributed by atoms with E-state index in [1.54, 1.807) is 0 Å². The molecule has 2 nitrogen and oxygen atoms in total. The smallest absolute Gasteiger partial charge is 0.0432 e. The van der Waals surface area contributed by atoms with Gasteiger partial charge < -0.3 is 10.6 Å². The summed E-state index contributed by atoms with van der Waals surface area (Å²) < 4.78 is 0. The molecule has 1 atom stereocenters. The summed E-state index contributed by atoms with van der Waals surface area (Å²) in [6.07, 6.45) is 3.36. The van der Waals surface area contributed by atoms with E-state index in [0.29, 0.717) is 0 Å². The fraction of sp³-hybridized carbons (Fsp3) is 0.368. The summed E-state index contributed by atoms with van der Waals surface area (Å²) in [5.41, 5.74) is 11.5. The third kappa shape index (κ3) is 3.45. The number of anilines is 1. The number of fused-ring (bicyclic) bond motifs is 1. The monoisotopic (exact) mass is 280 g/mol. The fourth-order valence-electron chi connectivity index (χ4n) is 3.14. The SMILES string of the molecule is CC(N)Cc1ccc(N2CCCc3ccccc3C2)cc1. The summed E-state index contributed by atoms with van der Waals surface area (Å²) in [5.74, 6) is 0. The van der Waals surface area contributed by atoms with Gasteiger partial charge >= 0.3 is 0 Å². The Morgan fingerprint density at radius 1 is 1.05 bits per heavy atom. The maximum absolute atomic E-state index is 5.87. The van der Waals surface area contributed by atoms with E-state index in [2.05, 4.69) is 60.4 Å². The van der Waals surface area contributed by atoms with Crippen molar-refractivity contribution in [1.82, 2.24) is 0 Å². The van der Waals surface area contributed by atoms with Crippen molar-refractivity contribution in [2.24, 2.45) is 5.73 Å². The molecule has 0 spiro atoms. The minimum atomic E-state index is 0.223. The van der Waals surface area contributed by atoms with Gasteiger partial charge in [0.25, 0.3) is 0 Å². The van der Waals surface area contributed by atoms with Crippen molar-refractivity contribution in [3.63, 3.8) is 0 Å². The first kappa shape index (κ1) is 14.2. The van der Waals surface area contributed by atoms with Crippen LogP contribution in [0.25, 0.3) is 0 Å². The zero-order chi connectivity index (χ0) is 14.7. The van der Waals surface area contributed by atoms with E-state index in [0.717, 1.165) is 19.5 Å². The lowest BCUT2D eigenvalue weighted by Crippen LogP contribution is -2.22. The number of rotatable bonds is 3. The van der Waals surface area contributed by atoms with Gasteiger partial charge in [0.05, 0.1) is 0 Å². The lowest BCUT2D eigenvalue weighted by molar-refractivity contribution is 0.736. The molecule has 1 unspecified atom stereocenters. The van der Waals surface area contributed by atoms with Crippen molar-refractivity contribution in [3.8, 4) is 0 Å². The minimum Gasteiger partial charge on any atom is -0.367 e. The van der Waals surface area contributed by atoms with Crippen molar-refractivity contribution in [1.29, 1.82) is 0 Å². The quantitative estimate of drug-likeness (QED) is 0.932. The van der Waals surface area contributed by atoms with Crippen LogP contribution in [0, 0.1) is 0 Å². The Bertz CT molecular complexity index is 587. The second kappa shape index (κ2) is 6.31. The van der Waals surface area contributed by atoms with Crippen molar-refractivity contribution >= 4 is 5.69 Å². The first-order valence-electron chi connectivity index (χ1n) is 7.88. The molecule has 2 aromatic carbocycles. The van der Waals surface area contributed by atoms with Crippen LogP contribution in [0.5, 0.6) is 0 Å². The molecule has 0 saturated carbocycles. The molecule has 3 rings (SSSR count). The molecule has 1 aliphatic heterocycles. The lowest BCUT2D eigenvalue weighted by Gasteiger charge is -2.23. The van der Waals surface area contributed by atoms with Gasteiger partial charge in [-0.3, -0.25) is 0 Å². The number of benzene rings is 2. The predicted octanol–water partition coefficient (Wildman–Crippen LogP) is 3.53. The van der Waals surface area contributed by atoms with Crippen LogP contribution in [-0.4, -0.2) is 12.6 Å². The Morgan fingerprint density at radius 3 is 2.48 bits per heavy atom. The van der Waals surface area contributed by atoms with Gasteiger partial charge in [0.1, 0.15) is 0 Å². The molecule has 0 radical (unpaired) electrons. The van der Waals surface area contributed by atoms with Crippen LogP contribution < -0.4 is 10.6 Å². The van der Waals surface area contributed by atoms with E-state index in [4.69, 9.17) is 5.73 Å². The molecule has 0 fully saturated rings. The molecule has 2 heteroatoms. The van der Waals surface area contributed by atoms with Gasteiger partial charge in [0, 0.05) is 24.8 Å². The average molecular weight is 280 g/mol. The van der Waals surface area contributed by atoms with E-state index in [1.807, 2.05) is 0 Å². The molecule has 2 N–H and O–H groups in total. The molecule has 21 heavy (non-hydrogen) atoms. The normalized spacial score (nSPS) is 16.2. The first-order valence-corrected chi connectivity index (χ1v) is 7.88. The number of hydrogen-bond donors (Lipinski definition) is 1. The Kier molecular flexibility index (Phi) is 4.26. The highest BCUT2D eigenvalue weighted by molar-refractivity contribution is 5.49. The summed E-state index contributed by atoms with van der Waals surface area (Å²) in [6.45, 7) is 4.20. The van der Waals surface area contributed by atoms with Gasteiger partial charge in [-0.25, -0.2) is 0 Å². The Hall–Kier alpha value is -1.80. The van der Waals surface area contributed by atoms with Gasteiger partial charge in [-0.05, 0) is 55.0 Å². The van der Waals surface area contributed by atoms with Gasteiger partial charge in [-0.15, -0.1) is 0 Å². The minimum absolute atomic E-state index is 0.223. The molecular weight excluding hydrogens is 256 g/mol. The second-order valence-corrected chi connectivity index (χ2v) is 6.14. The summed E-state index contributed by atoms with van der Waals surface area (Å²) in [6, 6.07) is 18.0. The predicted molar refractivity (Wildman–Crippen MR) is 89.6 cm³/mol. The first-order chi connectivity index (χ1) is 10.2. The highest BCUT2D eigenvalue weighted by Crippen LogP contribution is 2.24. The van der Waals surface area contributed by atoms with Gasteiger partial charge in [0.15, 0.2) is 0 Å². The third-order valence-electron chi connectivity index (χ3n) is 4.21. The molecule has 2 aromatic rings. The van der Waals surface area contributed by atoms with Crippen LogP contribution >= 0.6 is 0 Å². The van der Waals surface area contributed by atoms with E-state index < -0.39 is 0 Å². The van der Waals surface area contributed by atoms with E-state index in [-0.39, 0.29) is 6.04 Å². The van der Waals surface area contributed by atoms with Crippen LogP contribution in [0.2, 0.25) is 0 Å². The molecule has 0 aliphatic carbocycles. The van der Waals surface area contributed by atoms with E-state index in [1.165, 1.54) is 35.2 Å². The molecule has 1 aliphatic rings.